The van der Waals surface area contributed by atoms with Crippen LogP contribution in [-0.4, -0.2) is 58.7 Å². The molecule has 4 atom stereocenters. The summed E-state index contributed by atoms with van der Waals surface area (Å²) < 4.78 is 22.1. The molecule has 2 N–H and O–H groups in total. The number of hydrogen-bond acceptors (Lipinski definition) is 10. The number of fused-ring (bicyclic) bond motifs is 1. The molecule has 0 aliphatic carbocycles. The monoisotopic (exact) mass is 449 g/mol. The van der Waals surface area contributed by atoms with Crippen molar-refractivity contribution in [3.05, 3.63) is 45.1 Å². The second kappa shape index (κ2) is 9.64. The minimum atomic E-state index is -1.07. The number of nitrogens with one attached hydrogen (secondary N) is 2. The zero-order valence-corrected chi connectivity index (χ0v) is 17.7. The van der Waals surface area contributed by atoms with Crippen LogP contribution < -0.4 is 16.7 Å². The number of aromatic amines is 1. The van der Waals surface area contributed by atoms with E-state index in [1.165, 1.54) is 20.8 Å². The van der Waals surface area contributed by atoms with E-state index >= 15 is 0 Å². The van der Waals surface area contributed by atoms with Crippen molar-refractivity contribution in [1.29, 1.82) is 0 Å². The van der Waals surface area contributed by atoms with Crippen molar-refractivity contribution in [2.24, 2.45) is 0 Å². The maximum Gasteiger partial charge on any atom is 0.347 e. The second-order valence-corrected chi connectivity index (χ2v) is 7.17. The molecule has 2 aromatic rings. The van der Waals surface area contributed by atoms with Crippen molar-refractivity contribution in [3.63, 3.8) is 0 Å². The summed E-state index contributed by atoms with van der Waals surface area (Å²) in [4.78, 5) is 62.3. The van der Waals surface area contributed by atoms with Crippen LogP contribution in [0.1, 0.15) is 27.2 Å². The van der Waals surface area contributed by atoms with Gasteiger partial charge >= 0.3 is 23.6 Å². The highest BCUT2D eigenvalue weighted by atomic mass is 16.6. The number of nitrogens with zero attached hydrogens (tertiary/aromatic N) is 1. The third-order valence-corrected chi connectivity index (χ3v) is 4.67. The molecule has 1 aliphatic heterocycles. The maximum absolute atomic E-state index is 12.8. The highest BCUT2D eigenvalue weighted by molar-refractivity contribution is 5.76. The lowest BCUT2D eigenvalue weighted by Gasteiger charge is -2.40. The van der Waals surface area contributed by atoms with Crippen molar-refractivity contribution in [3.8, 4) is 0 Å². The van der Waals surface area contributed by atoms with Gasteiger partial charge in [-0.3, -0.25) is 24.6 Å². The van der Waals surface area contributed by atoms with Gasteiger partial charge in [0.15, 0.2) is 6.10 Å². The zero-order valence-electron chi connectivity index (χ0n) is 17.7. The first-order valence-corrected chi connectivity index (χ1v) is 9.79. The van der Waals surface area contributed by atoms with E-state index in [0.29, 0.717) is 5.52 Å². The Hall–Kier alpha value is -3.67. The molecule has 4 unspecified atom stereocenters. The van der Waals surface area contributed by atoms with Crippen LogP contribution >= 0.6 is 0 Å². The number of esters is 3. The van der Waals surface area contributed by atoms with Crippen LogP contribution in [0.4, 0.5) is 0 Å². The van der Waals surface area contributed by atoms with E-state index < -0.39 is 53.7 Å². The van der Waals surface area contributed by atoms with Gasteiger partial charge < -0.3 is 23.9 Å². The average molecular weight is 449 g/mol. The molecule has 0 bridgehead atoms. The van der Waals surface area contributed by atoms with Crippen LogP contribution in [-0.2, 0) is 33.3 Å². The largest absolute Gasteiger partial charge is 0.463 e. The fourth-order valence-electron chi connectivity index (χ4n) is 3.44. The Kier molecular flexibility index (Phi) is 6.93. The molecule has 12 nitrogen and oxygen atoms in total. The number of ether oxygens (including phenoxy) is 4. The Morgan fingerprint density at radius 2 is 1.78 bits per heavy atom. The van der Waals surface area contributed by atoms with Gasteiger partial charge in [0.05, 0.1) is 10.9 Å². The van der Waals surface area contributed by atoms with Crippen molar-refractivity contribution in [2.75, 3.05) is 12.0 Å². The molecule has 172 valence electrons. The van der Waals surface area contributed by atoms with Gasteiger partial charge in [-0.15, -0.1) is 0 Å². The fraction of sp³-hybridized carbons (Fsp3) is 0.450. The highest BCUT2D eigenvalue weighted by Crippen LogP contribution is 2.25. The number of carbonyl (C=O) groups is 3. The molecular formula is C20H23N3O9. The first-order valence-electron chi connectivity index (χ1n) is 9.79. The Balaban J connectivity index is 1.92. The second-order valence-electron chi connectivity index (χ2n) is 7.17. The van der Waals surface area contributed by atoms with Crippen LogP contribution in [0, 0.1) is 0 Å². The number of carbonyl (C=O) groups excluding carboxylic acids is 3. The molecule has 32 heavy (non-hydrogen) atoms. The summed E-state index contributed by atoms with van der Waals surface area (Å²) in [5.74, 6) is -1.89. The summed E-state index contributed by atoms with van der Waals surface area (Å²) in [6, 6.07) is 6.47. The van der Waals surface area contributed by atoms with Gasteiger partial charge in [-0.1, -0.05) is 12.1 Å². The predicted molar refractivity (Wildman–Crippen MR) is 109 cm³/mol. The molecule has 1 aliphatic rings. The van der Waals surface area contributed by atoms with Crippen LogP contribution in [0.3, 0.4) is 0 Å². The molecule has 0 spiro atoms. The SMILES string of the molecule is CC(=O)OCC1OC(Nn2c(=O)[nH]c3ccccc3c2=O)CC(OC(C)=O)C1OC(C)=O. The van der Waals surface area contributed by atoms with Gasteiger partial charge in [0.2, 0.25) is 0 Å². The molecule has 1 aromatic heterocycles. The number of rotatable bonds is 6. The quantitative estimate of drug-likeness (QED) is 0.446. The summed E-state index contributed by atoms with van der Waals surface area (Å²) in [7, 11) is 0. The first-order chi connectivity index (χ1) is 15.2. The topological polar surface area (TPSA) is 155 Å². The Morgan fingerprint density at radius 3 is 2.44 bits per heavy atom. The zero-order chi connectivity index (χ0) is 23.4. The van der Waals surface area contributed by atoms with E-state index in [1.807, 2.05) is 0 Å². The molecule has 2 heterocycles. The summed E-state index contributed by atoms with van der Waals surface area (Å²) in [5.41, 5.74) is 1.69. The van der Waals surface area contributed by atoms with Crippen molar-refractivity contribution >= 4 is 28.8 Å². The van der Waals surface area contributed by atoms with Crippen LogP contribution in [0.5, 0.6) is 0 Å². The molecule has 0 saturated carbocycles. The summed E-state index contributed by atoms with van der Waals surface area (Å²) in [6.07, 6.45) is -4.17. The van der Waals surface area contributed by atoms with E-state index in [4.69, 9.17) is 18.9 Å². The molecule has 1 aromatic carbocycles. The van der Waals surface area contributed by atoms with E-state index in [1.54, 1.807) is 24.3 Å². The van der Waals surface area contributed by atoms with Crippen LogP contribution in [0.15, 0.2) is 33.9 Å². The summed E-state index contributed by atoms with van der Waals surface area (Å²) in [5, 5.41) is 0.265. The Morgan fingerprint density at radius 1 is 1.09 bits per heavy atom. The number of benzene rings is 1. The lowest BCUT2D eigenvalue weighted by atomic mass is 10.0. The molecule has 1 fully saturated rings. The number of hydrogen-bond donors (Lipinski definition) is 2. The molecule has 3 rings (SSSR count). The maximum atomic E-state index is 12.8. The van der Waals surface area contributed by atoms with Gasteiger partial charge in [0, 0.05) is 27.2 Å². The summed E-state index contributed by atoms with van der Waals surface area (Å²) >= 11 is 0. The smallest absolute Gasteiger partial charge is 0.347 e. The van der Waals surface area contributed by atoms with E-state index in [9.17, 15) is 24.0 Å². The Labute approximate surface area is 181 Å². The van der Waals surface area contributed by atoms with Gasteiger partial charge in [0.25, 0.3) is 5.56 Å². The Bertz CT molecular complexity index is 1140. The normalized spacial score (nSPS) is 22.7. The predicted octanol–water partition coefficient (Wildman–Crippen LogP) is -0.225. The number of para-hydroxylation sites is 1. The minimum absolute atomic E-state index is 0.0627. The van der Waals surface area contributed by atoms with E-state index in [-0.39, 0.29) is 18.4 Å². The average Bonchev–Trinajstić information content (AvgIpc) is 2.70. The minimum Gasteiger partial charge on any atom is -0.463 e. The lowest BCUT2D eigenvalue weighted by molar-refractivity contribution is -0.212. The van der Waals surface area contributed by atoms with E-state index in [0.717, 1.165) is 4.68 Å². The van der Waals surface area contributed by atoms with Crippen molar-refractivity contribution in [1.82, 2.24) is 9.66 Å². The van der Waals surface area contributed by atoms with Crippen molar-refractivity contribution < 1.29 is 33.3 Å². The molecule has 0 amide bonds. The highest BCUT2D eigenvalue weighted by Gasteiger charge is 2.44. The first kappa shape index (κ1) is 23.0. The molecule has 0 radical (unpaired) electrons. The third kappa shape index (κ3) is 5.32. The van der Waals surface area contributed by atoms with Crippen LogP contribution in [0.2, 0.25) is 0 Å². The summed E-state index contributed by atoms with van der Waals surface area (Å²) in [6.45, 7) is 3.23. The van der Waals surface area contributed by atoms with Gasteiger partial charge in [-0.25, -0.2) is 4.79 Å². The van der Waals surface area contributed by atoms with Gasteiger partial charge in [-0.2, -0.15) is 4.68 Å². The standard InChI is InChI=1S/C20H23N3O9/c1-10(24)29-9-16-18(31-12(3)26)15(30-11(2)25)8-17(32-16)22-23-19(27)13-6-4-5-7-14(13)21-20(23)28/h4-7,15-18,22H,8-9H2,1-3H3,(H,21,28). The number of aromatic nitrogens is 2. The van der Waals surface area contributed by atoms with Gasteiger partial charge in [-0.05, 0) is 12.1 Å². The lowest BCUT2D eigenvalue weighted by Crippen LogP contribution is -2.58. The number of H-pyrrole nitrogens is 1. The van der Waals surface area contributed by atoms with Gasteiger partial charge in [0.1, 0.15) is 25.0 Å². The third-order valence-electron chi connectivity index (χ3n) is 4.67. The van der Waals surface area contributed by atoms with Crippen molar-refractivity contribution in [2.45, 2.75) is 51.7 Å². The molecule has 1 saturated heterocycles. The van der Waals surface area contributed by atoms with Crippen LogP contribution in [0.25, 0.3) is 10.9 Å². The molecule has 12 heteroatoms. The fourth-order valence-corrected chi connectivity index (χ4v) is 3.44. The molecular weight excluding hydrogens is 426 g/mol. The van der Waals surface area contributed by atoms with E-state index in [2.05, 4.69) is 10.4 Å².